The number of fused-ring (bicyclic) bond motifs is 3. The average Bonchev–Trinajstić information content (AvgIpc) is 2.83. The molecule has 3 saturated carbocycles. The summed E-state index contributed by atoms with van der Waals surface area (Å²) in [5.41, 5.74) is 4.52. The quantitative estimate of drug-likeness (QED) is 0.757. The first kappa shape index (κ1) is 14.3. The number of carboxylic acid groups (broad SMARTS) is 1. The lowest BCUT2D eigenvalue weighted by atomic mass is 9.32. The van der Waals surface area contributed by atoms with E-state index >= 15 is 0 Å². The summed E-state index contributed by atoms with van der Waals surface area (Å²) in [7, 11) is 0. The van der Waals surface area contributed by atoms with Crippen LogP contribution in [-0.4, -0.2) is 22.1 Å². The van der Waals surface area contributed by atoms with Gasteiger partial charge in [0.1, 0.15) is 0 Å². The first-order valence-corrected chi connectivity index (χ1v) is 8.78. The van der Waals surface area contributed by atoms with Gasteiger partial charge in [-0.1, -0.05) is 24.3 Å². The molecule has 3 N–H and O–H groups in total. The number of carboxylic acids is 1. The lowest BCUT2D eigenvalue weighted by Crippen LogP contribution is -2.66. The molecule has 6 rings (SSSR count). The molecule has 2 aromatic rings. The number of para-hydroxylation sites is 1. The van der Waals surface area contributed by atoms with Crippen LogP contribution in [-0.2, 0) is 11.2 Å². The van der Waals surface area contributed by atoms with Crippen LogP contribution in [0.3, 0.4) is 0 Å². The summed E-state index contributed by atoms with van der Waals surface area (Å²) in [4.78, 5) is 14.5. The number of rotatable bonds is 3. The number of hydrogen-bond donors (Lipinski definition) is 3. The fourth-order valence-electron chi connectivity index (χ4n) is 5.58. The Morgan fingerprint density at radius 2 is 2.04 bits per heavy atom. The van der Waals surface area contributed by atoms with Crippen molar-refractivity contribution in [3.63, 3.8) is 0 Å². The normalized spacial score (nSPS) is 37.0. The summed E-state index contributed by atoms with van der Waals surface area (Å²) in [6, 6.07) is 9.42. The minimum Gasteiger partial charge on any atom is -0.478 e. The van der Waals surface area contributed by atoms with Gasteiger partial charge in [-0.2, -0.15) is 0 Å². The summed E-state index contributed by atoms with van der Waals surface area (Å²) in [6.07, 6.45) is 7.62. The molecule has 0 saturated heterocycles. The van der Waals surface area contributed by atoms with Crippen LogP contribution in [0, 0.1) is 10.8 Å². The molecule has 4 aliphatic rings. The molecule has 0 radical (unpaired) electrons. The van der Waals surface area contributed by atoms with Crippen LogP contribution in [0.5, 0.6) is 0 Å². The van der Waals surface area contributed by atoms with Gasteiger partial charge in [-0.25, -0.2) is 4.79 Å². The maximum Gasteiger partial charge on any atom is 0.327 e. The predicted molar refractivity (Wildman–Crippen MR) is 92.8 cm³/mol. The largest absolute Gasteiger partial charge is 0.478 e. The van der Waals surface area contributed by atoms with Gasteiger partial charge in [-0.15, -0.1) is 0 Å². The Bertz CT molecular complexity index is 859. The van der Waals surface area contributed by atoms with Crippen molar-refractivity contribution < 1.29 is 9.90 Å². The van der Waals surface area contributed by atoms with Gasteiger partial charge >= 0.3 is 5.97 Å². The zero-order valence-corrected chi connectivity index (χ0v) is 13.8. The van der Waals surface area contributed by atoms with Crippen molar-refractivity contribution >= 4 is 16.9 Å². The molecule has 2 atom stereocenters. The molecule has 2 bridgehead atoms. The van der Waals surface area contributed by atoms with Gasteiger partial charge in [0.2, 0.25) is 0 Å². The predicted octanol–water partition coefficient (Wildman–Crippen LogP) is 3.55. The van der Waals surface area contributed by atoms with E-state index in [0.717, 1.165) is 25.7 Å². The van der Waals surface area contributed by atoms with Crippen molar-refractivity contribution in [2.75, 3.05) is 0 Å². The first-order chi connectivity index (χ1) is 11.5. The minimum atomic E-state index is -0.837. The van der Waals surface area contributed by atoms with Crippen LogP contribution in [0.1, 0.15) is 43.5 Å². The van der Waals surface area contributed by atoms with E-state index in [1.54, 1.807) is 0 Å². The maximum absolute atomic E-state index is 10.8. The van der Waals surface area contributed by atoms with E-state index in [-0.39, 0.29) is 5.41 Å². The van der Waals surface area contributed by atoms with Crippen molar-refractivity contribution in [2.45, 2.75) is 44.7 Å². The highest BCUT2D eigenvalue weighted by molar-refractivity contribution is 5.85. The third-order valence-electron chi connectivity index (χ3n) is 6.40. The Labute approximate surface area is 141 Å². The summed E-state index contributed by atoms with van der Waals surface area (Å²) >= 11 is 0. The molecule has 1 aromatic carbocycles. The molecule has 4 nitrogen and oxygen atoms in total. The van der Waals surface area contributed by atoms with Crippen molar-refractivity contribution in [2.24, 2.45) is 10.8 Å². The zero-order chi connectivity index (χ0) is 16.5. The number of carbonyl (C=O) groups is 1. The smallest absolute Gasteiger partial charge is 0.327 e. The molecular formula is C20H22N2O2. The molecule has 1 unspecified atom stereocenters. The van der Waals surface area contributed by atoms with E-state index in [1.165, 1.54) is 28.2 Å². The summed E-state index contributed by atoms with van der Waals surface area (Å²) in [6.45, 7) is 2.27. The third-order valence-corrected chi connectivity index (χ3v) is 6.40. The second-order valence-electron chi connectivity index (χ2n) is 8.19. The molecule has 2 heterocycles. The van der Waals surface area contributed by atoms with Crippen LogP contribution in [0.25, 0.3) is 10.9 Å². The minimum absolute atomic E-state index is 0.146. The van der Waals surface area contributed by atoms with E-state index in [9.17, 15) is 4.79 Å². The van der Waals surface area contributed by atoms with E-state index < -0.39 is 5.97 Å². The van der Waals surface area contributed by atoms with E-state index in [4.69, 9.17) is 5.11 Å². The van der Waals surface area contributed by atoms with Gasteiger partial charge in [-0.05, 0) is 55.1 Å². The molecule has 3 aliphatic carbocycles. The molecule has 3 fully saturated rings. The number of allylic oxidation sites excluding steroid dienone is 1. The molecule has 124 valence electrons. The summed E-state index contributed by atoms with van der Waals surface area (Å²) in [5, 5.41) is 14.1. The maximum atomic E-state index is 10.8. The van der Waals surface area contributed by atoms with Gasteiger partial charge in [-0.3, -0.25) is 0 Å². The van der Waals surface area contributed by atoms with Gasteiger partial charge < -0.3 is 15.4 Å². The van der Waals surface area contributed by atoms with Crippen molar-refractivity contribution in [3.8, 4) is 0 Å². The number of aromatic amines is 1. The summed E-state index contributed by atoms with van der Waals surface area (Å²) < 4.78 is 0. The van der Waals surface area contributed by atoms with E-state index in [0.29, 0.717) is 17.5 Å². The van der Waals surface area contributed by atoms with Crippen LogP contribution in [0.15, 0.2) is 36.4 Å². The second kappa shape index (κ2) is 4.51. The fourth-order valence-corrected chi connectivity index (χ4v) is 5.58. The highest BCUT2D eigenvalue weighted by atomic mass is 16.4. The van der Waals surface area contributed by atoms with Crippen molar-refractivity contribution in [1.29, 1.82) is 0 Å². The summed E-state index contributed by atoms with van der Waals surface area (Å²) in [5.74, 6) is -0.837. The number of nitrogens with one attached hydrogen (secondary N) is 2. The van der Waals surface area contributed by atoms with Gasteiger partial charge in [0.05, 0.1) is 6.04 Å². The number of hydrogen-bond acceptors (Lipinski definition) is 2. The van der Waals surface area contributed by atoms with E-state index in [1.807, 2.05) is 6.08 Å². The lowest BCUT2D eigenvalue weighted by molar-refractivity contribution is -0.195. The van der Waals surface area contributed by atoms with Crippen molar-refractivity contribution in [1.82, 2.24) is 10.3 Å². The van der Waals surface area contributed by atoms with Gasteiger partial charge in [0.15, 0.2) is 0 Å². The Kier molecular flexibility index (Phi) is 2.69. The van der Waals surface area contributed by atoms with Gasteiger partial charge in [0.25, 0.3) is 0 Å². The molecule has 0 amide bonds. The Balaban J connectivity index is 1.49. The van der Waals surface area contributed by atoms with Gasteiger partial charge in [0, 0.05) is 28.7 Å². The van der Waals surface area contributed by atoms with Crippen LogP contribution < -0.4 is 5.32 Å². The average molecular weight is 322 g/mol. The molecular weight excluding hydrogens is 300 g/mol. The standard InChI is InChI=1S/C20H22N2O2/c1-12-8-14-13-4-2-3-5-15(13)22-17(14)18(21-12)20-9-19(10-20,11-20)7-6-16(23)24/h2-7,12,18,21-22H,8-11H2,1H3,(H,23,24)/b7-6+/t12-,18?,19?,20?/m1/s1. The number of aromatic nitrogens is 1. The highest BCUT2D eigenvalue weighted by Gasteiger charge is 2.70. The van der Waals surface area contributed by atoms with Crippen molar-refractivity contribution in [3.05, 3.63) is 47.7 Å². The van der Waals surface area contributed by atoms with Crippen LogP contribution in [0.2, 0.25) is 0 Å². The Hall–Kier alpha value is -2.07. The van der Waals surface area contributed by atoms with Crippen LogP contribution >= 0.6 is 0 Å². The molecule has 0 spiro atoms. The molecule has 4 heteroatoms. The third kappa shape index (κ3) is 1.80. The Morgan fingerprint density at radius 1 is 1.29 bits per heavy atom. The SMILES string of the molecule is C[C@@H]1Cc2c([nH]c3ccccc23)C(C23CC(/C=C/C(=O)O)(C2)C3)N1. The molecule has 1 aliphatic heterocycles. The number of aliphatic carboxylic acids is 1. The lowest BCUT2D eigenvalue weighted by Gasteiger charge is -2.73. The van der Waals surface area contributed by atoms with Crippen LogP contribution in [0.4, 0.5) is 0 Å². The Morgan fingerprint density at radius 3 is 2.79 bits per heavy atom. The fraction of sp³-hybridized carbons (Fsp3) is 0.450. The first-order valence-electron chi connectivity index (χ1n) is 8.78. The monoisotopic (exact) mass is 322 g/mol. The highest BCUT2D eigenvalue weighted by Crippen LogP contribution is 2.78. The van der Waals surface area contributed by atoms with E-state index in [2.05, 4.69) is 41.5 Å². The molecule has 1 aromatic heterocycles. The number of benzene rings is 1. The molecule has 24 heavy (non-hydrogen) atoms. The second-order valence-corrected chi connectivity index (χ2v) is 8.19. The zero-order valence-electron chi connectivity index (χ0n) is 13.8. The topological polar surface area (TPSA) is 65.1 Å². The number of H-pyrrole nitrogens is 1.